The second-order valence-electron chi connectivity index (χ2n) is 3.45. The van der Waals surface area contributed by atoms with Crippen molar-refractivity contribution < 1.29 is 21.1 Å². The van der Waals surface area contributed by atoms with Gasteiger partial charge in [-0.05, 0) is 37.1 Å². The third-order valence-corrected chi connectivity index (χ3v) is 1.95. The van der Waals surface area contributed by atoms with Gasteiger partial charge in [0.15, 0.2) is 6.10 Å². The summed E-state index contributed by atoms with van der Waals surface area (Å²) in [6.07, 6.45) is -1.90. The lowest BCUT2D eigenvalue weighted by atomic mass is 10.1. The van der Waals surface area contributed by atoms with Crippen LogP contribution in [-0.4, -0.2) is 25.3 Å². The first-order chi connectivity index (χ1) is 9.65. The first-order valence-electron chi connectivity index (χ1n) is 7.35. The standard InChI is InChI=1S/C12H15NO3/c1-8-3-9(2)5-10(4-8)15-7-11-6-13-12(14)16-11/h3-5,11H,6-7H2,1-2H3,(H,13,14)/i3D,4D,5D,7D2. The van der Waals surface area contributed by atoms with Crippen molar-refractivity contribution in [3.05, 3.63) is 29.3 Å². The van der Waals surface area contributed by atoms with Crippen molar-refractivity contribution in [3.8, 4) is 5.75 Å². The van der Waals surface area contributed by atoms with Gasteiger partial charge in [0.2, 0.25) is 0 Å². The molecule has 0 aliphatic carbocycles. The number of benzene rings is 1. The second kappa shape index (κ2) is 4.43. The predicted molar refractivity (Wildman–Crippen MR) is 59.7 cm³/mol. The highest BCUT2D eigenvalue weighted by atomic mass is 16.6. The molecule has 1 unspecified atom stereocenters. The van der Waals surface area contributed by atoms with E-state index in [1.165, 1.54) is 13.8 Å². The summed E-state index contributed by atoms with van der Waals surface area (Å²) in [5, 5.41) is 2.32. The van der Waals surface area contributed by atoms with Crippen LogP contribution in [0.3, 0.4) is 0 Å². The molecule has 4 heteroatoms. The Bertz CT molecular complexity index is 576. The molecule has 1 atom stereocenters. The highest BCUT2D eigenvalue weighted by Crippen LogP contribution is 2.16. The van der Waals surface area contributed by atoms with E-state index in [-0.39, 0.29) is 30.4 Å². The van der Waals surface area contributed by atoms with Gasteiger partial charge in [-0.3, -0.25) is 0 Å². The zero-order valence-electron chi connectivity index (χ0n) is 14.0. The molecule has 1 heterocycles. The lowest BCUT2D eigenvalue weighted by Gasteiger charge is -2.11. The lowest BCUT2D eigenvalue weighted by molar-refractivity contribution is 0.105. The fourth-order valence-corrected chi connectivity index (χ4v) is 1.35. The Morgan fingerprint density at radius 3 is 2.81 bits per heavy atom. The van der Waals surface area contributed by atoms with Crippen molar-refractivity contribution in [3.63, 3.8) is 0 Å². The van der Waals surface area contributed by atoms with Crippen LogP contribution in [0.4, 0.5) is 4.79 Å². The minimum atomic E-state index is -2.38. The zero-order valence-corrected chi connectivity index (χ0v) is 9.01. The Morgan fingerprint density at radius 1 is 1.56 bits per heavy atom. The summed E-state index contributed by atoms with van der Waals surface area (Å²) in [5.41, 5.74) is 0.603. The summed E-state index contributed by atoms with van der Waals surface area (Å²) in [6.45, 7) is 0.640. The Hall–Kier alpha value is -1.71. The monoisotopic (exact) mass is 226 g/mol. The normalized spacial score (nSPS) is 24.5. The van der Waals surface area contributed by atoms with Crippen LogP contribution in [0.5, 0.6) is 5.75 Å². The van der Waals surface area contributed by atoms with Gasteiger partial charge < -0.3 is 14.8 Å². The molecule has 0 spiro atoms. The quantitative estimate of drug-likeness (QED) is 0.854. The van der Waals surface area contributed by atoms with E-state index in [9.17, 15) is 4.79 Å². The molecule has 86 valence electrons. The minimum absolute atomic E-state index is 0.0546. The van der Waals surface area contributed by atoms with Gasteiger partial charge in [-0.15, -0.1) is 0 Å². The van der Waals surface area contributed by atoms with Gasteiger partial charge in [0.05, 0.1) is 13.4 Å². The Balaban J connectivity index is 2.37. The molecule has 16 heavy (non-hydrogen) atoms. The number of hydrogen-bond donors (Lipinski definition) is 1. The average Bonchev–Trinajstić information content (AvgIpc) is 2.87. The van der Waals surface area contributed by atoms with E-state index in [4.69, 9.17) is 16.3 Å². The molecule has 0 radical (unpaired) electrons. The molecule has 1 aromatic carbocycles. The van der Waals surface area contributed by atoms with Crippen molar-refractivity contribution in [2.45, 2.75) is 20.0 Å². The van der Waals surface area contributed by atoms with E-state index >= 15 is 0 Å². The maximum Gasteiger partial charge on any atom is 0.407 e. The van der Waals surface area contributed by atoms with Crippen molar-refractivity contribution in [1.29, 1.82) is 0 Å². The van der Waals surface area contributed by atoms with Crippen LogP contribution < -0.4 is 10.1 Å². The molecule has 1 aromatic rings. The predicted octanol–water partition coefficient (Wildman–Crippen LogP) is 1.79. The van der Waals surface area contributed by atoms with Crippen LogP contribution in [0, 0.1) is 13.8 Å². The second-order valence-corrected chi connectivity index (χ2v) is 3.45. The molecule has 0 saturated carbocycles. The van der Waals surface area contributed by atoms with Gasteiger partial charge in [0.1, 0.15) is 12.3 Å². The van der Waals surface area contributed by atoms with E-state index < -0.39 is 18.8 Å². The number of rotatable bonds is 3. The molecule has 4 nitrogen and oxygen atoms in total. The number of carbonyl (C=O) groups excluding carboxylic acids is 1. The van der Waals surface area contributed by atoms with E-state index in [1.807, 2.05) is 0 Å². The van der Waals surface area contributed by atoms with Crippen LogP contribution in [0.1, 0.15) is 18.0 Å². The average molecular weight is 226 g/mol. The summed E-state index contributed by atoms with van der Waals surface area (Å²) < 4.78 is 49.2. The van der Waals surface area contributed by atoms with Crippen LogP contribution in [-0.2, 0) is 4.74 Å². The fraction of sp³-hybridized carbons (Fsp3) is 0.417. The number of carbonyl (C=O) groups is 1. The largest absolute Gasteiger partial charge is 0.490 e. The van der Waals surface area contributed by atoms with E-state index in [2.05, 4.69) is 5.32 Å². The highest BCUT2D eigenvalue weighted by molar-refractivity contribution is 5.69. The molecule has 1 amide bonds. The van der Waals surface area contributed by atoms with Crippen LogP contribution >= 0.6 is 0 Å². The first kappa shape index (κ1) is 6.13. The smallest absolute Gasteiger partial charge is 0.407 e. The highest BCUT2D eigenvalue weighted by Gasteiger charge is 2.22. The van der Waals surface area contributed by atoms with E-state index in [0.29, 0.717) is 11.1 Å². The topological polar surface area (TPSA) is 47.6 Å². The van der Waals surface area contributed by atoms with Crippen LogP contribution in [0.15, 0.2) is 18.1 Å². The number of ether oxygens (including phenoxy) is 2. The summed E-state index contributed by atoms with van der Waals surface area (Å²) in [6, 6.07) is -0.361. The first-order valence-corrected chi connectivity index (χ1v) is 4.85. The number of nitrogens with one attached hydrogen (secondary N) is 1. The maximum absolute atomic E-state index is 11.0. The fourth-order valence-electron chi connectivity index (χ4n) is 1.35. The molecular weight excluding hydrogens is 206 g/mol. The molecule has 0 aromatic heterocycles. The molecule has 2 rings (SSSR count). The molecule has 1 aliphatic rings. The summed E-state index contributed by atoms with van der Waals surface area (Å²) >= 11 is 0. The van der Waals surface area contributed by atoms with E-state index in [0.717, 1.165) is 0 Å². The summed E-state index contributed by atoms with van der Waals surface area (Å²) in [4.78, 5) is 11.0. The minimum Gasteiger partial charge on any atom is -0.490 e. The number of amides is 1. The molecule has 1 saturated heterocycles. The van der Waals surface area contributed by atoms with E-state index in [1.54, 1.807) is 0 Å². The van der Waals surface area contributed by atoms with Gasteiger partial charge in [-0.2, -0.15) is 0 Å². The molecule has 1 aliphatic heterocycles. The van der Waals surface area contributed by atoms with Crippen molar-refractivity contribution in [2.24, 2.45) is 0 Å². The number of alkyl carbamates (subject to hydrolysis) is 1. The van der Waals surface area contributed by atoms with Gasteiger partial charge in [-0.1, -0.05) is 6.04 Å². The Kier molecular flexibility index (Phi) is 1.70. The molecule has 0 bridgehead atoms. The van der Waals surface area contributed by atoms with Crippen molar-refractivity contribution in [2.75, 3.05) is 13.1 Å². The maximum atomic E-state index is 11.0. The molecular formula is C12H15NO3. The van der Waals surface area contributed by atoms with Gasteiger partial charge in [0.25, 0.3) is 0 Å². The van der Waals surface area contributed by atoms with Crippen LogP contribution in [0.25, 0.3) is 0 Å². The Labute approximate surface area is 102 Å². The van der Waals surface area contributed by atoms with Gasteiger partial charge in [-0.25, -0.2) is 4.79 Å². The van der Waals surface area contributed by atoms with Crippen molar-refractivity contribution in [1.82, 2.24) is 5.32 Å². The SMILES string of the molecule is [2H]c1c(C)c([2H])c(OC([2H])([2H])C2CNC(=O)O2)c([2H])c1C. The van der Waals surface area contributed by atoms with Crippen LogP contribution in [0.2, 0.25) is 0 Å². The summed E-state index contributed by atoms with van der Waals surface area (Å²) in [5.74, 6) is -0.256. The third kappa shape index (κ3) is 2.66. The van der Waals surface area contributed by atoms with Crippen molar-refractivity contribution >= 4 is 6.09 Å². The molecule has 1 N–H and O–H groups in total. The third-order valence-electron chi connectivity index (χ3n) is 1.95. The Morgan fingerprint density at radius 2 is 2.25 bits per heavy atom. The summed E-state index contributed by atoms with van der Waals surface area (Å²) in [7, 11) is 0. The number of cyclic esters (lactones) is 1. The van der Waals surface area contributed by atoms with Gasteiger partial charge in [0, 0.05) is 0 Å². The number of hydrogen-bond acceptors (Lipinski definition) is 3. The zero-order chi connectivity index (χ0) is 15.9. The molecule has 1 fully saturated rings. The lowest BCUT2D eigenvalue weighted by Crippen LogP contribution is -2.21. The van der Waals surface area contributed by atoms with Gasteiger partial charge >= 0.3 is 6.09 Å².